The number of aryl methyl sites for hydroxylation is 1. The van der Waals surface area contributed by atoms with Crippen LogP contribution in [0.15, 0.2) is 72.8 Å². The molecule has 10 heteroatoms. The highest BCUT2D eigenvalue weighted by Crippen LogP contribution is 2.46. The average Bonchev–Trinajstić information content (AvgIpc) is 3.13. The fourth-order valence-electron chi connectivity index (χ4n) is 8.77. The zero-order valence-electron chi connectivity index (χ0n) is 29.1. The Bertz CT molecular complexity index is 1950. The highest BCUT2D eigenvalue weighted by Gasteiger charge is 2.53. The number of aliphatic hydroxyl groups is 4. The van der Waals surface area contributed by atoms with Crippen LogP contribution in [0, 0.1) is 6.92 Å². The standard InChI is InChI=1S/C42H46O10/c1-23-18-27-20-28(40(48)49)22-32(51-41-38(47)36(45)37(46)39(52-41)42(50)16-8-3-9-17-42)34(27)35(44)33(23)31(43)21-26-15-14-25(19-24-10-4-2-5-11-24)29-12-6-7-13-30(26)29/h2,4-7,10-13,18,20,22,25-26,36-39,41,44-47,50H,3,8-9,14-17,19,21H2,1H3,(H,48,49). The Balaban J connectivity index is 1.21. The molecular weight excluding hydrogens is 664 g/mol. The van der Waals surface area contributed by atoms with E-state index in [1.807, 2.05) is 30.3 Å². The van der Waals surface area contributed by atoms with Crippen molar-refractivity contribution in [2.45, 2.75) is 113 Å². The van der Waals surface area contributed by atoms with Crippen LogP contribution in [-0.2, 0) is 11.2 Å². The monoisotopic (exact) mass is 710 g/mol. The van der Waals surface area contributed by atoms with Gasteiger partial charge >= 0.3 is 5.97 Å². The summed E-state index contributed by atoms with van der Waals surface area (Å²) >= 11 is 0. The fourth-order valence-corrected chi connectivity index (χ4v) is 8.77. The Labute approximate surface area is 302 Å². The molecule has 52 heavy (non-hydrogen) atoms. The van der Waals surface area contributed by atoms with Gasteiger partial charge in [-0.1, -0.05) is 79.9 Å². The molecule has 0 amide bonds. The van der Waals surface area contributed by atoms with Crippen LogP contribution in [0.4, 0.5) is 0 Å². The molecule has 1 saturated carbocycles. The third-order valence-corrected chi connectivity index (χ3v) is 11.5. The van der Waals surface area contributed by atoms with E-state index in [1.165, 1.54) is 17.2 Å². The smallest absolute Gasteiger partial charge is 0.335 e. The molecule has 4 aromatic rings. The van der Waals surface area contributed by atoms with Crippen LogP contribution in [0.1, 0.15) is 106 Å². The lowest BCUT2D eigenvalue weighted by Gasteiger charge is -2.48. The molecule has 4 aromatic carbocycles. The lowest BCUT2D eigenvalue weighted by molar-refractivity contribution is -0.308. The summed E-state index contributed by atoms with van der Waals surface area (Å²) < 4.78 is 12.0. The Hall–Kier alpha value is -4.32. The van der Waals surface area contributed by atoms with Crippen molar-refractivity contribution >= 4 is 22.5 Å². The number of Topliss-reactive ketones (excluding diaryl/α,β-unsaturated/α-hetero) is 1. The Morgan fingerprint density at radius 3 is 2.19 bits per heavy atom. The number of carbonyl (C=O) groups is 2. The second kappa shape index (κ2) is 14.6. The van der Waals surface area contributed by atoms with Gasteiger partial charge in [-0.2, -0.15) is 0 Å². The topological polar surface area (TPSA) is 174 Å². The number of hydrogen-bond acceptors (Lipinski definition) is 9. The van der Waals surface area contributed by atoms with Crippen LogP contribution < -0.4 is 4.74 Å². The van der Waals surface area contributed by atoms with Crippen LogP contribution >= 0.6 is 0 Å². The predicted octanol–water partition coefficient (Wildman–Crippen LogP) is 5.91. The van der Waals surface area contributed by atoms with Gasteiger partial charge in [-0.15, -0.1) is 0 Å². The number of hydrogen-bond donors (Lipinski definition) is 6. The summed E-state index contributed by atoms with van der Waals surface area (Å²) in [5.41, 5.74) is 2.48. The molecule has 7 rings (SSSR count). The molecule has 0 aromatic heterocycles. The number of benzene rings is 4. The predicted molar refractivity (Wildman–Crippen MR) is 193 cm³/mol. The number of ether oxygens (including phenoxy) is 2. The molecule has 1 aliphatic heterocycles. The van der Waals surface area contributed by atoms with Crippen LogP contribution in [-0.4, -0.2) is 78.7 Å². The maximum atomic E-state index is 14.2. The molecule has 2 aliphatic carbocycles. The number of carboxylic acid groups (broad SMARTS) is 1. The zero-order valence-corrected chi connectivity index (χ0v) is 29.1. The summed E-state index contributed by atoms with van der Waals surface area (Å²) in [7, 11) is 0. The highest BCUT2D eigenvalue weighted by atomic mass is 16.7. The van der Waals surface area contributed by atoms with Crippen LogP contribution in [0.25, 0.3) is 10.8 Å². The Kier molecular flexibility index (Phi) is 10.1. The summed E-state index contributed by atoms with van der Waals surface area (Å²) in [5, 5.41) is 66.1. The normalized spacial score (nSPS) is 27.1. The summed E-state index contributed by atoms with van der Waals surface area (Å²) in [5.74, 6) is -1.91. The van der Waals surface area contributed by atoms with E-state index in [0.29, 0.717) is 37.2 Å². The van der Waals surface area contributed by atoms with Crippen LogP contribution in [0.2, 0.25) is 0 Å². The number of carboxylic acids is 1. The number of rotatable bonds is 9. The second-order valence-corrected chi connectivity index (χ2v) is 14.9. The SMILES string of the molecule is Cc1cc2cc(C(=O)O)cc(OC3OC(C4(O)CCCCC4)C(O)C(O)C3O)c2c(O)c1C(=O)CC1CCC(Cc2ccccc2)c2ccccc21. The van der Waals surface area contributed by atoms with E-state index in [2.05, 4.69) is 24.3 Å². The van der Waals surface area contributed by atoms with Crippen molar-refractivity contribution < 1.29 is 49.7 Å². The second-order valence-electron chi connectivity index (χ2n) is 14.9. The minimum Gasteiger partial charge on any atom is -0.506 e. The fraction of sp³-hybridized carbons (Fsp3) is 0.429. The molecule has 0 spiro atoms. The number of fused-ring (bicyclic) bond motifs is 2. The maximum Gasteiger partial charge on any atom is 0.335 e. The first-order valence-corrected chi connectivity index (χ1v) is 18.2. The van der Waals surface area contributed by atoms with Gasteiger partial charge in [0.2, 0.25) is 6.29 Å². The number of aromatic hydroxyl groups is 1. The summed E-state index contributed by atoms with van der Waals surface area (Å²) in [6.45, 7) is 1.69. The number of ketones is 1. The maximum absolute atomic E-state index is 14.2. The first-order valence-electron chi connectivity index (χ1n) is 18.2. The number of phenolic OH excluding ortho intramolecular Hbond substituents is 1. The quantitative estimate of drug-likeness (QED) is 0.115. The summed E-state index contributed by atoms with van der Waals surface area (Å²) in [4.78, 5) is 26.4. The number of phenols is 1. The van der Waals surface area contributed by atoms with Gasteiger partial charge < -0.3 is 40.1 Å². The largest absolute Gasteiger partial charge is 0.506 e. The van der Waals surface area contributed by atoms with Gasteiger partial charge in [-0.25, -0.2) is 4.79 Å². The Morgan fingerprint density at radius 1 is 0.846 bits per heavy atom. The van der Waals surface area contributed by atoms with Gasteiger partial charge in [0.25, 0.3) is 0 Å². The molecule has 3 aliphatic rings. The van der Waals surface area contributed by atoms with Crippen molar-refractivity contribution in [1.29, 1.82) is 0 Å². The third kappa shape index (κ3) is 6.81. The Morgan fingerprint density at radius 2 is 1.50 bits per heavy atom. The van der Waals surface area contributed by atoms with Crippen molar-refractivity contribution in [2.75, 3.05) is 0 Å². The van der Waals surface area contributed by atoms with E-state index in [0.717, 1.165) is 37.3 Å². The van der Waals surface area contributed by atoms with Crippen molar-refractivity contribution in [3.63, 3.8) is 0 Å². The first kappa shape index (κ1) is 36.1. The van der Waals surface area contributed by atoms with Crippen molar-refractivity contribution in [2.24, 2.45) is 0 Å². The lowest BCUT2D eigenvalue weighted by atomic mass is 9.72. The van der Waals surface area contributed by atoms with Gasteiger partial charge in [-0.3, -0.25) is 4.79 Å². The molecule has 274 valence electrons. The van der Waals surface area contributed by atoms with Crippen molar-refractivity contribution in [3.8, 4) is 11.5 Å². The van der Waals surface area contributed by atoms with Crippen molar-refractivity contribution in [3.05, 3.63) is 106 Å². The number of carbonyl (C=O) groups excluding carboxylic acids is 1. The van der Waals surface area contributed by atoms with Gasteiger partial charge in [0.05, 0.1) is 22.1 Å². The first-order chi connectivity index (χ1) is 24.9. The molecular formula is C42H46O10. The van der Waals surface area contributed by atoms with Gasteiger partial charge in [0.1, 0.15) is 35.9 Å². The van der Waals surface area contributed by atoms with E-state index >= 15 is 0 Å². The van der Waals surface area contributed by atoms with E-state index < -0.39 is 48.0 Å². The molecule has 0 bridgehead atoms. The minimum atomic E-state index is -1.78. The zero-order chi connectivity index (χ0) is 36.7. The molecule has 0 radical (unpaired) electrons. The summed E-state index contributed by atoms with van der Waals surface area (Å²) in [6, 6.07) is 22.7. The number of aliphatic hydroxyl groups excluding tert-OH is 3. The van der Waals surface area contributed by atoms with Gasteiger partial charge in [0, 0.05) is 6.42 Å². The van der Waals surface area contributed by atoms with E-state index in [9.17, 15) is 40.2 Å². The lowest BCUT2D eigenvalue weighted by Crippen LogP contribution is -2.65. The van der Waals surface area contributed by atoms with E-state index in [-0.39, 0.29) is 45.8 Å². The molecule has 6 N–H and O–H groups in total. The average molecular weight is 711 g/mol. The van der Waals surface area contributed by atoms with Crippen LogP contribution in [0.3, 0.4) is 0 Å². The van der Waals surface area contributed by atoms with Crippen molar-refractivity contribution in [1.82, 2.24) is 0 Å². The molecule has 10 nitrogen and oxygen atoms in total. The van der Waals surface area contributed by atoms with Crippen LogP contribution in [0.5, 0.6) is 11.5 Å². The van der Waals surface area contributed by atoms with E-state index in [4.69, 9.17) is 9.47 Å². The molecule has 2 fully saturated rings. The third-order valence-electron chi connectivity index (χ3n) is 11.5. The van der Waals surface area contributed by atoms with E-state index in [1.54, 1.807) is 13.0 Å². The van der Waals surface area contributed by atoms with Gasteiger partial charge in [0.15, 0.2) is 5.78 Å². The number of aromatic carboxylic acids is 1. The molecule has 7 unspecified atom stereocenters. The molecule has 1 heterocycles. The molecule has 1 saturated heterocycles. The minimum absolute atomic E-state index is 0.0373. The summed E-state index contributed by atoms with van der Waals surface area (Å²) in [6.07, 6.45) is -2.46. The van der Waals surface area contributed by atoms with Gasteiger partial charge in [-0.05, 0) is 90.6 Å². The highest BCUT2D eigenvalue weighted by molar-refractivity contribution is 6.09. The molecule has 7 atom stereocenters.